The second-order valence-corrected chi connectivity index (χ2v) is 5.25. The molecule has 18 heavy (non-hydrogen) atoms. The molecule has 0 aliphatic carbocycles. The average Bonchev–Trinajstić information content (AvgIpc) is 2.53. The first-order valence-corrected chi connectivity index (χ1v) is 6.19. The Labute approximate surface area is 107 Å². The van der Waals surface area contributed by atoms with Crippen LogP contribution in [0.4, 0.5) is 4.79 Å². The van der Waals surface area contributed by atoms with Crippen molar-refractivity contribution in [3.05, 3.63) is 35.9 Å². The van der Waals surface area contributed by atoms with Gasteiger partial charge in [-0.15, -0.1) is 0 Å². The number of hydrogen-bond acceptors (Lipinski definition) is 2. The summed E-state index contributed by atoms with van der Waals surface area (Å²) < 4.78 is 0. The van der Waals surface area contributed by atoms with Crippen LogP contribution in [-0.2, 0) is 11.2 Å². The van der Waals surface area contributed by atoms with Crippen LogP contribution in [0.25, 0.3) is 0 Å². The molecule has 2 rings (SSSR count). The van der Waals surface area contributed by atoms with Crippen LogP contribution in [0.2, 0.25) is 0 Å². The van der Waals surface area contributed by atoms with Gasteiger partial charge in [-0.3, -0.25) is 10.1 Å². The standard InChI is InChI=1S/C14H18N2O2/c1-10(2)8-14(12(17)15-13(18)16-14)9-11-6-4-3-5-7-11/h3-7,10H,8-9H2,1-2H3,(H2,15,16,17,18). The number of hydrogen-bond donors (Lipinski definition) is 2. The molecule has 1 aromatic carbocycles. The van der Waals surface area contributed by atoms with E-state index in [1.165, 1.54) is 0 Å². The highest BCUT2D eigenvalue weighted by atomic mass is 16.2. The van der Waals surface area contributed by atoms with Gasteiger partial charge in [-0.1, -0.05) is 44.2 Å². The van der Waals surface area contributed by atoms with Crippen molar-refractivity contribution in [1.29, 1.82) is 0 Å². The minimum absolute atomic E-state index is 0.218. The monoisotopic (exact) mass is 246 g/mol. The Morgan fingerprint density at radius 2 is 1.83 bits per heavy atom. The molecule has 0 saturated carbocycles. The van der Waals surface area contributed by atoms with Gasteiger partial charge in [0, 0.05) is 6.42 Å². The van der Waals surface area contributed by atoms with E-state index in [2.05, 4.69) is 10.6 Å². The predicted octanol–water partition coefficient (Wildman–Crippen LogP) is 1.85. The first-order chi connectivity index (χ1) is 8.52. The molecule has 0 radical (unpaired) electrons. The van der Waals surface area contributed by atoms with Gasteiger partial charge in [0.05, 0.1) is 0 Å². The van der Waals surface area contributed by atoms with Crippen molar-refractivity contribution in [1.82, 2.24) is 10.6 Å². The van der Waals surface area contributed by atoms with Gasteiger partial charge in [-0.05, 0) is 17.9 Å². The van der Waals surface area contributed by atoms with E-state index in [1.807, 2.05) is 44.2 Å². The van der Waals surface area contributed by atoms with E-state index >= 15 is 0 Å². The van der Waals surface area contributed by atoms with Crippen LogP contribution < -0.4 is 10.6 Å². The maximum atomic E-state index is 12.1. The number of urea groups is 1. The predicted molar refractivity (Wildman–Crippen MR) is 69.0 cm³/mol. The third kappa shape index (κ3) is 2.53. The summed E-state index contributed by atoms with van der Waals surface area (Å²) in [4.78, 5) is 23.4. The number of amides is 3. The van der Waals surface area contributed by atoms with Crippen molar-refractivity contribution >= 4 is 11.9 Å². The Hall–Kier alpha value is -1.84. The van der Waals surface area contributed by atoms with Gasteiger partial charge >= 0.3 is 6.03 Å². The smallest absolute Gasteiger partial charge is 0.322 e. The molecule has 1 unspecified atom stereocenters. The lowest BCUT2D eigenvalue weighted by molar-refractivity contribution is -0.124. The highest BCUT2D eigenvalue weighted by Gasteiger charge is 2.46. The van der Waals surface area contributed by atoms with E-state index < -0.39 is 11.6 Å². The first-order valence-electron chi connectivity index (χ1n) is 6.19. The Bertz CT molecular complexity index is 456. The van der Waals surface area contributed by atoms with Crippen molar-refractivity contribution in [2.75, 3.05) is 0 Å². The Morgan fingerprint density at radius 3 is 2.33 bits per heavy atom. The summed E-state index contributed by atoms with van der Waals surface area (Å²) in [5.41, 5.74) is 0.252. The number of carbonyl (C=O) groups is 2. The Balaban J connectivity index is 2.26. The van der Waals surface area contributed by atoms with Crippen LogP contribution >= 0.6 is 0 Å². The lowest BCUT2D eigenvalue weighted by Gasteiger charge is -2.28. The third-order valence-electron chi connectivity index (χ3n) is 3.12. The summed E-state index contributed by atoms with van der Waals surface area (Å²) in [6.45, 7) is 4.09. The fraction of sp³-hybridized carbons (Fsp3) is 0.429. The summed E-state index contributed by atoms with van der Waals surface area (Å²) >= 11 is 0. The summed E-state index contributed by atoms with van der Waals surface area (Å²) in [5.74, 6) is 0.114. The molecule has 1 heterocycles. The highest BCUT2D eigenvalue weighted by Crippen LogP contribution is 2.25. The van der Waals surface area contributed by atoms with Gasteiger partial charge in [0.25, 0.3) is 5.91 Å². The Morgan fingerprint density at radius 1 is 1.17 bits per heavy atom. The summed E-state index contributed by atoms with van der Waals surface area (Å²) in [5, 5.41) is 5.14. The van der Waals surface area contributed by atoms with Gasteiger partial charge < -0.3 is 5.32 Å². The van der Waals surface area contributed by atoms with Gasteiger partial charge in [0.2, 0.25) is 0 Å². The number of carbonyl (C=O) groups excluding carboxylic acids is 2. The van der Waals surface area contributed by atoms with Gasteiger partial charge in [0.15, 0.2) is 0 Å². The molecule has 1 atom stereocenters. The molecule has 4 heteroatoms. The maximum absolute atomic E-state index is 12.1. The van der Waals surface area contributed by atoms with E-state index in [9.17, 15) is 9.59 Å². The molecule has 1 aliphatic heterocycles. The van der Waals surface area contributed by atoms with Crippen molar-refractivity contribution in [2.45, 2.75) is 32.2 Å². The van der Waals surface area contributed by atoms with E-state index in [1.54, 1.807) is 0 Å². The van der Waals surface area contributed by atoms with Crippen LogP contribution in [0, 0.1) is 5.92 Å². The average molecular weight is 246 g/mol. The molecule has 96 valence electrons. The van der Waals surface area contributed by atoms with Crippen LogP contribution in [0.1, 0.15) is 25.8 Å². The molecule has 0 spiro atoms. The zero-order valence-electron chi connectivity index (χ0n) is 10.7. The minimum atomic E-state index is -0.799. The normalized spacial score (nSPS) is 23.1. The first kappa shape index (κ1) is 12.6. The van der Waals surface area contributed by atoms with Crippen molar-refractivity contribution < 1.29 is 9.59 Å². The van der Waals surface area contributed by atoms with E-state index in [0.29, 0.717) is 18.8 Å². The SMILES string of the molecule is CC(C)CC1(Cc2ccccc2)NC(=O)NC1=O. The second-order valence-electron chi connectivity index (χ2n) is 5.25. The molecular formula is C14H18N2O2. The second kappa shape index (κ2) is 4.80. The Kier molecular flexibility index (Phi) is 3.36. The number of imide groups is 1. The van der Waals surface area contributed by atoms with Crippen molar-refractivity contribution in [2.24, 2.45) is 5.92 Å². The fourth-order valence-corrected chi connectivity index (χ4v) is 2.51. The zero-order chi connectivity index (χ0) is 13.2. The molecule has 4 nitrogen and oxygen atoms in total. The highest BCUT2D eigenvalue weighted by molar-refractivity contribution is 6.07. The zero-order valence-corrected chi connectivity index (χ0v) is 10.7. The number of rotatable bonds is 4. The van der Waals surface area contributed by atoms with Crippen molar-refractivity contribution in [3.8, 4) is 0 Å². The van der Waals surface area contributed by atoms with Crippen molar-refractivity contribution in [3.63, 3.8) is 0 Å². The van der Waals surface area contributed by atoms with Crippen LogP contribution in [0.15, 0.2) is 30.3 Å². The van der Waals surface area contributed by atoms with Gasteiger partial charge in [-0.25, -0.2) is 4.79 Å². The molecule has 2 N–H and O–H groups in total. The summed E-state index contributed by atoms with van der Waals surface area (Å²) in [6.07, 6.45) is 1.17. The molecule has 0 bridgehead atoms. The molecule has 3 amide bonds. The van der Waals surface area contributed by atoms with E-state index in [0.717, 1.165) is 5.56 Å². The minimum Gasteiger partial charge on any atom is -0.323 e. The lowest BCUT2D eigenvalue weighted by Crippen LogP contribution is -2.49. The number of nitrogens with one attached hydrogen (secondary N) is 2. The lowest BCUT2D eigenvalue weighted by atomic mass is 9.83. The largest absolute Gasteiger partial charge is 0.323 e. The molecule has 1 aliphatic rings. The summed E-state index contributed by atoms with van der Waals surface area (Å²) in [6, 6.07) is 9.36. The maximum Gasteiger partial charge on any atom is 0.322 e. The molecule has 1 saturated heterocycles. The molecule has 0 aromatic heterocycles. The van der Waals surface area contributed by atoms with Gasteiger partial charge in [0.1, 0.15) is 5.54 Å². The topological polar surface area (TPSA) is 58.2 Å². The third-order valence-corrected chi connectivity index (χ3v) is 3.12. The van der Waals surface area contributed by atoms with Crippen LogP contribution in [-0.4, -0.2) is 17.5 Å². The fourth-order valence-electron chi connectivity index (χ4n) is 2.51. The van der Waals surface area contributed by atoms with E-state index in [4.69, 9.17) is 0 Å². The molecule has 1 aromatic rings. The number of benzene rings is 1. The van der Waals surface area contributed by atoms with Gasteiger partial charge in [-0.2, -0.15) is 0 Å². The molecule has 1 fully saturated rings. The molecular weight excluding hydrogens is 228 g/mol. The quantitative estimate of drug-likeness (QED) is 0.797. The van der Waals surface area contributed by atoms with Crippen LogP contribution in [0.5, 0.6) is 0 Å². The van der Waals surface area contributed by atoms with E-state index in [-0.39, 0.29) is 5.91 Å². The van der Waals surface area contributed by atoms with Crippen LogP contribution in [0.3, 0.4) is 0 Å². The summed E-state index contributed by atoms with van der Waals surface area (Å²) in [7, 11) is 0.